The first-order chi connectivity index (χ1) is 7.79. The van der Waals surface area contributed by atoms with Crippen LogP contribution in [-0.4, -0.2) is 16.5 Å². The summed E-state index contributed by atoms with van der Waals surface area (Å²) in [5.74, 6) is 0.695. The lowest BCUT2D eigenvalue weighted by atomic mass is 10.1. The third-order valence-electron chi connectivity index (χ3n) is 2.19. The Hall–Kier alpha value is -0.810. The maximum absolute atomic E-state index is 5.42. The lowest BCUT2D eigenvalue weighted by Crippen LogP contribution is -1.92. The topological polar surface area (TPSA) is 38.9 Å². The highest BCUT2D eigenvalue weighted by molar-refractivity contribution is 9.10. The first-order valence-electron chi connectivity index (χ1n) is 4.89. The molecule has 0 saturated carbocycles. The molecule has 0 unspecified atom stereocenters. The van der Waals surface area contributed by atoms with E-state index in [0.717, 1.165) is 17.3 Å². The Kier molecular flexibility index (Phi) is 4.01. The average molecular weight is 299 g/mol. The monoisotopic (exact) mass is 298 g/mol. The molecule has 0 atom stereocenters. The van der Waals surface area contributed by atoms with Crippen molar-refractivity contribution in [3.05, 3.63) is 40.2 Å². The highest BCUT2D eigenvalue weighted by Crippen LogP contribution is 2.18. The van der Waals surface area contributed by atoms with Crippen molar-refractivity contribution in [3.8, 4) is 0 Å². The maximum atomic E-state index is 5.42. The van der Waals surface area contributed by atoms with Gasteiger partial charge in [-0.25, -0.2) is 0 Å². The predicted octanol–water partition coefficient (Wildman–Crippen LogP) is 3.34. The van der Waals surface area contributed by atoms with Crippen molar-refractivity contribution in [3.63, 3.8) is 0 Å². The second kappa shape index (κ2) is 5.50. The van der Waals surface area contributed by atoms with Gasteiger partial charge in [0.1, 0.15) is 0 Å². The molecule has 2 aromatic rings. The van der Waals surface area contributed by atoms with Crippen LogP contribution in [0.2, 0.25) is 0 Å². The van der Waals surface area contributed by atoms with Gasteiger partial charge in [-0.3, -0.25) is 0 Å². The second-order valence-corrected chi connectivity index (χ2v) is 4.87. The third-order valence-corrected chi connectivity index (χ3v) is 3.48. The molecule has 2 rings (SSSR count). The summed E-state index contributed by atoms with van der Waals surface area (Å²) < 4.78 is 6.54. The standard InChI is InChI=1S/C11H11BrN2OS/c1-16-11-14-13-10(15-11)7-6-8-4-2-3-5-9(8)12/h2-5H,6-7H2,1H3. The molecule has 1 aromatic carbocycles. The molecular formula is C11H11BrN2OS. The Morgan fingerprint density at radius 2 is 2.06 bits per heavy atom. The first kappa shape index (κ1) is 11.7. The lowest BCUT2D eigenvalue weighted by molar-refractivity contribution is 0.413. The van der Waals surface area contributed by atoms with Crippen LogP contribution in [0, 0.1) is 0 Å². The molecule has 0 aliphatic heterocycles. The predicted molar refractivity (Wildman–Crippen MR) is 67.6 cm³/mol. The van der Waals surface area contributed by atoms with E-state index in [4.69, 9.17) is 4.42 Å². The van der Waals surface area contributed by atoms with Gasteiger partial charge in [-0.1, -0.05) is 45.9 Å². The molecule has 1 aromatic heterocycles. The van der Waals surface area contributed by atoms with Gasteiger partial charge in [-0.2, -0.15) is 0 Å². The highest BCUT2D eigenvalue weighted by atomic mass is 79.9. The molecule has 0 N–H and O–H groups in total. The van der Waals surface area contributed by atoms with Crippen LogP contribution in [0.25, 0.3) is 0 Å². The zero-order valence-corrected chi connectivity index (χ0v) is 11.2. The summed E-state index contributed by atoms with van der Waals surface area (Å²) in [6.45, 7) is 0. The van der Waals surface area contributed by atoms with E-state index in [1.54, 1.807) is 0 Å². The summed E-state index contributed by atoms with van der Waals surface area (Å²) >= 11 is 4.98. The van der Waals surface area contributed by atoms with Gasteiger partial charge in [0, 0.05) is 10.9 Å². The fourth-order valence-electron chi connectivity index (χ4n) is 1.36. The summed E-state index contributed by atoms with van der Waals surface area (Å²) in [4.78, 5) is 0. The van der Waals surface area contributed by atoms with Crippen molar-refractivity contribution in [2.24, 2.45) is 0 Å². The van der Waals surface area contributed by atoms with E-state index >= 15 is 0 Å². The Bertz CT molecular complexity index is 473. The number of benzene rings is 1. The van der Waals surface area contributed by atoms with Crippen LogP contribution in [-0.2, 0) is 12.8 Å². The minimum Gasteiger partial charge on any atom is -0.416 e. The van der Waals surface area contributed by atoms with E-state index in [1.165, 1.54) is 17.3 Å². The molecule has 1 heterocycles. The van der Waals surface area contributed by atoms with E-state index in [9.17, 15) is 0 Å². The minimum atomic E-state index is 0.627. The first-order valence-corrected chi connectivity index (χ1v) is 6.91. The Morgan fingerprint density at radius 3 is 2.75 bits per heavy atom. The highest BCUT2D eigenvalue weighted by Gasteiger charge is 2.06. The van der Waals surface area contributed by atoms with Gasteiger partial charge >= 0.3 is 0 Å². The van der Waals surface area contributed by atoms with Crippen LogP contribution < -0.4 is 0 Å². The van der Waals surface area contributed by atoms with Gasteiger partial charge < -0.3 is 4.42 Å². The van der Waals surface area contributed by atoms with Crippen molar-refractivity contribution in [1.82, 2.24) is 10.2 Å². The van der Waals surface area contributed by atoms with Gasteiger partial charge in [-0.05, 0) is 24.3 Å². The molecule has 16 heavy (non-hydrogen) atoms. The quantitative estimate of drug-likeness (QED) is 0.812. The van der Waals surface area contributed by atoms with E-state index in [1.807, 2.05) is 24.5 Å². The molecule has 0 aliphatic rings. The summed E-state index contributed by atoms with van der Waals surface area (Å²) in [7, 11) is 0. The SMILES string of the molecule is CSc1nnc(CCc2ccccc2Br)o1. The molecule has 0 saturated heterocycles. The number of nitrogens with zero attached hydrogens (tertiary/aromatic N) is 2. The van der Waals surface area contributed by atoms with Crippen LogP contribution in [0.15, 0.2) is 38.4 Å². The second-order valence-electron chi connectivity index (χ2n) is 3.26. The van der Waals surface area contributed by atoms with Crippen molar-refractivity contribution in [1.29, 1.82) is 0 Å². The van der Waals surface area contributed by atoms with E-state index in [-0.39, 0.29) is 0 Å². The fraction of sp³-hybridized carbons (Fsp3) is 0.273. The number of halogens is 1. The molecule has 84 valence electrons. The number of rotatable bonds is 4. The summed E-state index contributed by atoms with van der Waals surface area (Å²) in [6, 6.07) is 8.17. The number of hydrogen-bond donors (Lipinski definition) is 0. The van der Waals surface area contributed by atoms with Crippen molar-refractivity contribution in [2.45, 2.75) is 18.1 Å². The van der Waals surface area contributed by atoms with Crippen LogP contribution in [0.5, 0.6) is 0 Å². The number of hydrogen-bond acceptors (Lipinski definition) is 4. The van der Waals surface area contributed by atoms with Crippen LogP contribution in [0.4, 0.5) is 0 Å². The number of aromatic nitrogens is 2. The Labute approximate surface area is 107 Å². The smallest absolute Gasteiger partial charge is 0.276 e. The van der Waals surface area contributed by atoms with E-state index < -0.39 is 0 Å². The minimum absolute atomic E-state index is 0.627. The van der Waals surface area contributed by atoms with Crippen LogP contribution in [0.1, 0.15) is 11.5 Å². The molecule has 0 amide bonds. The van der Waals surface area contributed by atoms with Gasteiger partial charge in [-0.15, -0.1) is 10.2 Å². The van der Waals surface area contributed by atoms with E-state index in [0.29, 0.717) is 11.1 Å². The fourth-order valence-corrected chi connectivity index (χ4v) is 2.15. The summed E-state index contributed by atoms with van der Waals surface area (Å²) in [6.07, 6.45) is 3.60. The van der Waals surface area contributed by atoms with Gasteiger partial charge in [0.15, 0.2) is 0 Å². The van der Waals surface area contributed by atoms with E-state index in [2.05, 4.69) is 32.2 Å². The molecule has 5 heteroatoms. The van der Waals surface area contributed by atoms with Gasteiger partial charge in [0.2, 0.25) is 5.89 Å². The Balaban J connectivity index is 1.99. The summed E-state index contributed by atoms with van der Waals surface area (Å²) in [5, 5.41) is 8.51. The van der Waals surface area contributed by atoms with Crippen LogP contribution in [0.3, 0.4) is 0 Å². The molecule has 0 bridgehead atoms. The summed E-state index contributed by atoms with van der Waals surface area (Å²) in [5.41, 5.74) is 1.26. The van der Waals surface area contributed by atoms with Crippen molar-refractivity contribution in [2.75, 3.05) is 6.26 Å². The molecular weight excluding hydrogens is 288 g/mol. The van der Waals surface area contributed by atoms with Crippen molar-refractivity contribution >= 4 is 27.7 Å². The molecule has 0 fully saturated rings. The zero-order valence-electron chi connectivity index (χ0n) is 8.81. The van der Waals surface area contributed by atoms with Gasteiger partial charge in [0.25, 0.3) is 5.22 Å². The average Bonchev–Trinajstić information content (AvgIpc) is 2.76. The molecule has 0 radical (unpaired) electrons. The Morgan fingerprint density at radius 1 is 1.25 bits per heavy atom. The molecule has 0 spiro atoms. The van der Waals surface area contributed by atoms with Crippen molar-refractivity contribution < 1.29 is 4.42 Å². The zero-order chi connectivity index (χ0) is 11.4. The van der Waals surface area contributed by atoms with Gasteiger partial charge in [0.05, 0.1) is 0 Å². The third kappa shape index (κ3) is 2.86. The molecule has 0 aliphatic carbocycles. The van der Waals surface area contributed by atoms with Crippen LogP contribution >= 0.6 is 27.7 Å². The number of thioether (sulfide) groups is 1. The molecule has 3 nitrogen and oxygen atoms in total. The number of aryl methyl sites for hydroxylation is 2. The largest absolute Gasteiger partial charge is 0.416 e. The lowest BCUT2D eigenvalue weighted by Gasteiger charge is -2.00. The normalized spacial score (nSPS) is 10.6. The maximum Gasteiger partial charge on any atom is 0.276 e.